The van der Waals surface area contributed by atoms with Crippen LogP contribution in [-0.4, -0.2) is 39.9 Å². The number of hydrogen-bond donors (Lipinski definition) is 4. The van der Waals surface area contributed by atoms with Crippen LogP contribution in [0.4, 0.5) is 9.18 Å². The van der Waals surface area contributed by atoms with Crippen LogP contribution >= 0.6 is 0 Å². The van der Waals surface area contributed by atoms with Gasteiger partial charge in [-0.3, -0.25) is 0 Å². The van der Waals surface area contributed by atoms with Crippen LogP contribution in [-0.2, 0) is 6.42 Å². The number of nitrogens with zero attached hydrogens (tertiary/aromatic N) is 1. The molecule has 1 atom stereocenters. The van der Waals surface area contributed by atoms with Crippen molar-refractivity contribution in [3.63, 3.8) is 0 Å². The number of benzene rings is 2. The minimum Gasteiger partial charge on any atom is -0.497 e. The third-order valence-electron chi connectivity index (χ3n) is 6.13. The molecule has 0 saturated heterocycles. The van der Waals surface area contributed by atoms with Crippen molar-refractivity contribution in [1.82, 2.24) is 20.6 Å². The summed E-state index contributed by atoms with van der Waals surface area (Å²) in [6, 6.07) is 11.4. The number of aromatic amines is 1. The number of nitrogens with one attached hydrogen (secondary N) is 3. The fourth-order valence-electron chi connectivity index (χ4n) is 4.16. The molecule has 3 aromatic rings. The molecule has 7 nitrogen and oxygen atoms in total. The van der Waals surface area contributed by atoms with Crippen molar-refractivity contribution in [2.24, 2.45) is 0 Å². The Balaban J connectivity index is 1.52. The predicted octanol–water partition coefficient (Wildman–Crippen LogP) is 3.99. The lowest BCUT2D eigenvalue weighted by Crippen LogP contribution is -2.47. The third kappa shape index (κ3) is 5.19. The number of halogens is 1. The second-order valence-corrected chi connectivity index (χ2v) is 8.74. The van der Waals surface area contributed by atoms with Gasteiger partial charge in [-0.15, -0.1) is 0 Å². The number of H-pyrrole nitrogens is 1. The summed E-state index contributed by atoms with van der Waals surface area (Å²) in [7, 11) is 1.49. The summed E-state index contributed by atoms with van der Waals surface area (Å²) >= 11 is 0. The first-order chi connectivity index (χ1) is 15.3. The highest BCUT2D eigenvalue weighted by molar-refractivity contribution is 5.76. The van der Waals surface area contributed by atoms with Crippen molar-refractivity contribution in [3.05, 3.63) is 59.7 Å². The average molecular weight is 441 g/mol. The molecule has 0 unspecified atom stereocenters. The normalized spacial score (nSPS) is 21.8. The highest BCUT2D eigenvalue weighted by Gasteiger charge is 2.30. The zero-order chi connectivity index (χ0) is 22.7. The van der Waals surface area contributed by atoms with Gasteiger partial charge in [-0.05, 0) is 56.4 Å². The minimum absolute atomic E-state index is 0.00993. The molecule has 0 bridgehead atoms. The average Bonchev–Trinajstić information content (AvgIpc) is 3.20. The molecule has 8 heteroatoms. The number of aliphatic hydroxyl groups is 1. The van der Waals surface area contributed by atoms with Gasteiger partial charge in [0.15, 0.2) is 0 Å². The molecule has 2 amide bonds. The first kappa shape index (κ1) is 22.1. The Kier molecular flexibility index (Phi) is 6.32. The number of hydrogen-bond acceptors (Lipinski definition) is 4. The van der Waals surface area contributed by atoms with Crippen molar-refractivity contribution in [3.8, 4) is 5.75 Å². The maximum absolute atomic E-state index is 14.6. The van der Waals surface area contributed by atoms with E-state index in [4.69, 9.17) is 4.74 Å². The zero-order valence-corrected chi connectivity index (χ0v) is 18.3. The molecule has 0 spiro atoms. The number of methoxy groups -OCH3 is 1. The third-order valence-corrected chi connectivity index (χ3v) is 6.13. The topological polar surface area (TPSA) is 99.3 Å². The Hall–Kier alpha value is -3.13. The van der Waals surface area contributed by atoms with Crippen molar-refractivity contribution < 1.29 is 19.0 Å². The van der Waals surface area contributed by atoms with Gasteiger partial charge in [-0.25, -0.2) is 14.2 Å². The van der Waals surface area contributed by atoms with Crippen LogP contribution in [0.5, 0.6) is 5.75 Å². The van der Waals surface area contributed by atoms with Crippen LogP contribution in [0.25, 0.3) is 11.0 Å². The molecule has 0 aliphatic heterocycles. The molecule has 4 N–H and O–H groups in total. The summed E-state index contributed by atoms with van der Waals surface area (Å²) in [6.45, 7) is 1.82. The van der Waals surface area contributed by atoms with Crippen molar-refractivity contribution in [2.45, 2.75) is 56.7 Å². The lowest BCUT2D eigenvalue weighted by Gasteiger charge is -2.33. The number of para-hydroxylation sites is 2. The van der Waals surface area contributed by atoms with Crippen LogP contribution < -0.4 is 15.4 Å². The zero-order valence-electron chi connectivity index (χ0n) is 18.3. The summed E-state index contributed by atoms with van der Waals surface area (Å²) < 4.78 is 19.7. The summed E-state index contributed by atoms with van der Waals surface area (Å²) in [5.74, 6) is 0.593. The van der Waals surface area contributed by atoms with Gasteiger partial charge in [0.05, 0.1) is 29.8 Å². The van der Waals surface area contributed by atoms with E-state index in [1.165, 1.54) is 13.2 Å². The van der Waals surface area contributed by atoms with Crippen molar-refractivity contribution in [1.29, 1.82) is 0 Å². The highest BCUT2D eigenvalue weighted by atomic mass is 19.1. The quantitative estimate of drug-likeness (QED) is 0.466. The number of fused-ring (bicyclic) bond motifs is 1. The van der Waals surface area contributed by atoms with E-state index in [0.717, 1.165) is 11.0 Å². The van der Waals surface area contributed by atoms with E-state index in [1.807, 2.05) is 31.2 Å². The molecule has 170 valence electrons. The van der Waals surface area contributed by atoms with E-state index in [1.54, 1.807) is 12.1 Å². The summed E-state index contributed by atoms with van der Waals surface area (Å²) in [5, 5.41) is 16.1. The molecule has 1 heterocycles. The van der Waals surface area contributed by atoms with Gasteiger partial charge < -0.3 is 25.5 Å². The maximum Gasteiger partial charge on any atom is 0.315 e. The van der Waals surface area contributed by atoms with Gasteiger partial charge in [-0.2, -0.15) is 0 Å². The highest BCUT2D eigenvalue weighted by Crippen LogP contribution is 2.28. The molecular weight excluding hydrogens is 411 g/mol. The van der Waals surface area contributed by atoms with Gasteiger partial charge in [0.25, 0.3) is 0 Å². The van der Waals surface area contributed by atoms with E-state index in [-0.39, 0.29) is 18.5 Å². The Morgan fingerprint density at radius 1 is 1.31 bits per heavy atom. The van der Waals surface area contributed by atoms with Gasteiger partial charge in [-0.1, -0.05) is 18.2 Å². The Morgan fingerprint density at radius 3 is 2.75 bits per heavy atom. The molecule has 32 heavy (non-hydrogen) atoms. The molecule has 1 saturated carbocycles. The molecule has 1 aliphatic rings. The van der Waals surface area contributed by atoms with Crippen molar-refractivity contribution in [2.75, 3.05) is 7.11 Å². The molecule has 1 aromatic heterocycles. The maximum atomic E-state index is 14.6. The fraction of sp³-hybridized carbons (Fsp3) is 0.417. The van der Waals surface area contributed by atoms with E-state index >= 15 is 0 Å². The molecule has 2 aromatic carbocycles. The molecule has 0 radical (unpaired) electrons. The number of imidazole rings is 1. The van der Waals surface area contributed by atoms with Crippen LogP contribution in [0.1, 0.15) is 50.0 Å². The summed E-state index contributed by atoms with van der Waals surface area (Å²) in [6.07, 6.45) is 2.93. The number of amides is 2. The van der Waals surface area contributed by atoms with Gasteiger partial charge in [0.2, 0.25) is 0 Å². The summed E-state index contributed by atoms with van der Waals surface area (Å²) in [5.41, 5.74) is 1.40. The Labute approximate surface area is 186 Å². The smallest absolute Gasteiger partial charge is 0.315 e. The number of urea groups is 1. The van der Waals surface area contributed by atoms with E-state index in [0.29, 0.717) is 42.8 Å². The van der Waals surface area contributed by atoms with E-state index in [9.17, 15) is 14.3 Å². The SMILES string of the molecule is COc1ccc(C[C@@H](NC(=O)N[C@H]2CC[C@@](C)(O)CC2)c2nc3ccccc3[nH]2)c(F)c1. The standard InChI is InChI=1S/C24H29FN4O3/c1-24(31)11-9-16(10-12-24)26-23(30)29-21(13-15-7-8-17(32-2)14-18(15)25)22-27-19-5-3-4-6-20(19)28-22/h3-8,14,16,21,31H,9-13H2,1-2H3,(H,27,28)(H2,26,29,30)/t16-,21-,24+/m1/s1. The number of carbonyl (C=O) groups is 1. The largest absolute Gasteiger partial charge is 0.497 e. The number of rotatable bonds is 6. The molecular formula is C24H29FN4O3. The van der Waals surface area contributed by atoms with Gasteiger partial charge >= 0.3 is 6.03 Å². The number of aromatic nitrogens is 2. The second kappa shape index (κ2) is 9.16. The van der Waals surface area contributed by atoms with E-state index < -0.39 is 17.5 Å². The van der Waals surface area contributed by atoms with Crippen molar-refractivity contribution >= 4 is 17.1 Å². The molecule has 1 fully saturated rings. The first-order valence-corrected chi connectivity index (χ1v) is 10.9. The lowest BCUT2D eigenvalue weighted by atomic mass is 9.84. The molecule has 4 rings (SSSR count). The predicted molar refractivity (Wildman–Crippen MR) is 120 cm³/mol. The summed E-state index contributed by atoms with van der Waals surface area (Å²) in [4.78, 5) is 20.7. The van der Waals surface area contributed by atoms with Gasteiger partial charge in [0.1, 0.15) is 17.4 Å². The second-order valence-electron chi connectivity index (χ2n) is 8.74. The van der Waals surface area contributed by atoms with Crippen LogP contribution in [0, 0.1) is 5.82 Å². The minimum atomic E-state index is -0.669. The monoisotopic (exact) mass is 440 g/mol. The van der Waals surface area contributed by atoms with Crippen LogP contribution in [0.3, 0.4) is 0 Å². The Bertz CT molecular complexity index is 1050. The first-order valence-electron chi connectivity index (χ1n) is 10.9. The number of carbonyl (C=O) groups excluding carboxylic acids is 1. The van der Waals surface area contributed by atoms with Crippen LogP contribution in [0.15, 0.2) is 42.5 Å². The van der Waals surface area contributed by atoms with Crippen LogP contribution in [0.2, 0.25) is 0 Å². The van der Waals surface area contributed by atoms with E-state index in [2.05, 4.69) is 20.6 Å². The van der Waals surface area contributed by atoms with Gasteiger partial charge in [0, 0.05) is 18.5 Å². The lowest BCUT2D eigenvalue weighted by molar-refractivity contribution is 0.0151. The fourth-order valence-corrected chi connectivity index (χ4v) is 4.16. The Morgan fingerprint density at radius 2 is 2.06 bits per heavy atom. The number of ether oxygens (including phenoxy) is 1. The molecule has 1 aliphatic carbocycles.